The molecule has 7 heteroatoms. The number of aliphatic hydroxyl groups excluding tert-OH is 1. The Bertz CT molecular complexity index is 475. The molecule has 0 fully saturated rings. The number of aliphatic hydroxyl groups is 1. The van der Waals surface area contributed by atoms with Gasteiger partial charge in [0, 0.05) is 6.07 Å². The van der Waals surface area contributed by atoms with E-state index in [1.54, 1.807) is 0 Å². The third-order valence-electron chi connectivity index (χ3n) is 2.32. The Hall–Kier alpha value is -1.89. The predicted molar refractivity (Wildman–Crippen MR) is 60.9 cm³/mol. The maximum Gasteiger partial charge on any atom is 0.326 e. The van der Waals surface area contributed by atoms with E-state index < -0.39 is 23.2 Å². The summed E-state index contributed by atoms with van der Waals surface area (Å²) >= 11 is 0. The van der Waals surface area contributed by atoms with Gasteiger partial charge in [0.15, 0.2) is 0 Å². The van der Waals surface area contributed by atoms with Gasteiger partial charge in [-0.05, 0) is 5.92 Å². The van der Waals surface area contributed by atoms with Crippen LogP contribution in [0.4, 0.5) is 0 Å². The van der Waals surface area contributed by atoms with E-state index in [9.17, 15) is 14.4 Å². The molecule has 0 saturated carbocycles. The number of nitrogens with one attached hydrogen (secondary N) is 3. The predicted octanol–water partition coefficient (Wildman–Crippen LogP) is -1.19. The molecule has 1 amide bonds. The van der Waals surface area contributed by atoms with E-state index in [1.807, 2.05) is 18.8 Å². The second kappa shape index (κ2) is 5.44. The molecule has 1 atom stereocenters. The zero-order chi connectivity index (χ0) is 13.0. The van der Waals surface area contributed by atoms with Crippen molar-refractivity contribution in [2.75, 3.05) is 6.61 Å². The number of carbonyl (C=O) groups excluding carboxylic acids is 1. The molecular formula is C10H15N3O4. The number of H-pyrrole nitrogens is 2. The van der Waals surface area contributed by atoms with Gasteiger partial charge in [-0.25, -0.2) is 4.79 Å². The van der Waals surface area contributed by atoms with Gasteiger partial charge in [0.25, 0.3) is 11.5 Å². The third-order valence-corrected chi connectivity index (χ3v) is 2.32. The highest BCUT2D eigenvalue weighted by Crippen LogP contribution is 2.01. The molecular weight excluding hydrogens is 226 g/mol. The molecule has 0 aromatic carbocycles. The Morgan fingerprint density at radius 2 is 2.06 bits per heavy atom. The van der Waals surface area contributed by atoms with E-state index in [4.69, 9.17) is 5.11 Å². The van der Waals surface area contributed by atoms with E-state index in [0.29, 0.717) is 0 Å². The van der Waals surface area contributed by atoms with Gasteiger partial charge in [0.1, 0.15) is 5.69 Å². The van der Waals surface area contributed by atoms with Crippen LogP contribution in [0.3, 0.4) is 0 Å². The fourth-order valence-electron chi connectivity index (χ4n) is 1.26. The Morgan fingerprint density at radius 1 is 1.41 bits per heavy atom. The third kappa shape index (κ3) is 3.56. The monoisotopic (exact) mass is 241 g/mol. The quantitative estimate of drug-likeness (QED) is 0.530. The number of aromatic nitrogens is 2. The first-order valence-electron chi connectivity index (χ1n) is 5.19. The summed E-state index contributed by atoms with van der Waals surface area (Å²) in [4.78, 5) is 37.8. The van der Waals surface area contributed by atoms with Crippen molar-refractivity contribution in [3.05, 3.63) is 32.6 Å². The second-order valence-electron chi connectivity index (χ2n) is 4.01. The van der Waals surface area contributed by atoms with Crippen LogP contribution in [0.25, 0.3) is 0 Å². The zero-order valence-electron chi connectivity index (χ0n) is 9.61. The zero-order valence-corrected chi connectivity index (χ0v) is 9.61. The van der Waals surface area contributed by atoms with Gasteiger partial charge in [-0.1, -0.05) is 13.8 Å². The number of amides is 1. The van der Waals surface area contributed by atoms with Crippen molar-refractivity contribution in [3.63, 3.8) is 0 Å². The molecule has 1 heterocycles. The number of aromatic amines is 2. The lowest BCUT2D eigenvalue weighted by molar-refractivity contribution is 0.0891. The average molecular weight is 241 g/mol. The molecule has 0 aliphatic heterocycles. The van der Waals surface area contributed by atoms with Crippen LogP contribution in [-0.4, -0.2) is 33.6 Å². The number of hydrogen-bond acceptors (Lipinski definition) is 4. The summed E-state index contributed by atoms with van der Waals surface area (Å²) in [5.41, 5.74) is -1.52. The molecule has 1 aromatic heterocycles. The van der Waals surface area contributed by atoms with Gasteiger partial charge >= 0.3 is 5.69 Å². The van der Waals surface area contributed by atoms with Crippen LogP contribution in [-0.2, 0) is 0 Å². The molecule has 0 aliphatic rings. The van der Waals surface area contributed by atoms with E-state index in [-0.39, 0.29) is 18.2 Å². The summed E-state index contributed by atoms with van der Waals surface area (Å²) in [7, 11) is 0. The second-order valence-corrected chi connectivity index (χ2v) is 4.01. The van der Waals surface area contributed by atoms with Crippen molar-refractivity contribution >= 4 is 5.91 Å². The van der Waals surface area contributed by atoms with Crippen molar-refractivity contribution < 1.29 is 9.90 Å². The van der Waals surface area contributed by atoms with Crippen molar-refractivity contribution in [2.45, 2.75) is 19.9 Å². The Kier molecular flexibility index (Phi) is 4.22. The van der Waals surface area contributed by atoms with Gasteiger partial charge in [0.2, 0.25) is 0 Å². The smallest absolute Gasteiger partial charge is 0.326 e. The lowest BCUT2D eigenvalue weighted by Crippen LogP contribution is -2.42. The van der Waals surface area contributed by atoms with Crippen LogP contribution in [0.15, 0.2) is 15.7 Å². The highest BCUT2D eigenvalue weighted by atomic mass is 16.3. The van der Waals surface area contributed by atoms with E-state index in [0.717, 1.165) is 6.07 Å². The summed E-state index contributed by atoms with van der Waals surface area (Å²) < 4.78 is 0. The Morgan fingerprint density at radius 3 is 2.53 bits per heavy atom. The van der Waals surface area contributed by atoms with Crippen molar-refractivity contribution in [1.82, 2.24) is 15.3 Å². The lowest BCUT2D eigenvalue weighted by Gasteiger charge is -2.19. The summed E-state index contributed by atoms with van der Waals surface area (Å²) in [6.45, 7) is 3.46. The molecule has 0 saturated heterocycles. The normalized spacial score (nSPS) is 12.5. The summed E-state index contributed by atoms with van der Waals surface area (Å²) in [5, 5.41) is 11.6. The van der Waals surface area contributed by atoms with E-state index in [2.05, 4.69) is 10.3 Å². The molecule has 7 nitrogen and oxygen atoms in total. The molecule has 0 aliphatic carbocycles. The van der Waals surface area contributed by atoms with Crippen molar-refractivity contribution in [2.24, 2.45) is 5.92 Å². The first kappa shape index (κ1) is 13.2. The summed E-state index contributed by atoms with van der Waals surface area (Å²) in [6.07, 6.45) is 0. The first-order chi connectivity index (χ1) is 7.93. The maximum absolute atomic E-state index is 11.7. The van der Waals surface area contributed by atoms with Crippen LogP contribution in [0, 0.1) is 5.92 Å². The molecule has 0 bridgehead atoms. The SMILES string of the molecule is CC(C)[C@@H](CO)NC(=O)c1cc(=O)[nH]c(=O)[nH]1. The minimum Gasteiger partial charge on any atom is -0.394 e. The molecule has 0 unspecified atom stereocenters. The molecule has 4 N–H and O–H groups in total. The van der Waals surface area contributed by atoms with Crippen LogP contribution < -0.4 is 16.6 Å². The minimum absolute atomic E-state index is 0.0395. The number of hydrogen-bond donors (Lipinski definition) is 4. The molecule has 0 spiro atoms. The van der Waals surface area contributed by atoms with Gasteiger partial charge in [-0.15, -0.1) is 0 Å². The maximum atomic E-state index is 11.7. The first-order valence-corrected chi connectivity index (χ1v) is 5.19. The topological polar surface area (TPSA) is 115 Å². The van der Waals surface area contributed by atoms with Crippen LogP contribution in [0.2, 0.25) is 0 Å². The fraction of sp³-hybridized carbons (Fsp3) is 0.500. The summed E-state index contributed by atoms with van der Waals surface area (Å²) in [6, 6.07) is 0.566. The van der Waals surface area contributed by atoms with Crippen LogP contribution in [0.5, 0.6) is 0 Å². The largest absolute Gasteiger partial charge is 0.394 e. The fourth-order valence-corrected chi connectivity index (χ4v) is 1.26. The molecule has 0 radical (unpaired) electrons. The van der Waals surface area contributed by atoms with Crippen LogP contribution >= 0.6 is 0 Å². The highest BCUT2D eigenvalue weighted by molar-refractivity contribution is 5.92. The van der Waals surface area contributed by atoms with Crippen molar-refractivity contribution in [3.8, 4) is 0 Å². The van der Waals surface area contributed by atoms with Crippen molar-refractivity contribution in [1.29, 1.82) is 0 Å². The molecule has 1 rings (SSSR count). The van der Waals surface area contributed by atoms with Gasteiger partial charge in [-0.2, -0.15) is 0 Å². The Balaban J connectivity index is 2.90. The van der Waals surface area contributed by atoms with E-state index in [1.165, 1.54) is 0 Å². The number of carbonyl (C=O) groups is 1. The highest BCUT2D eigenvalue weighted by Gasteiger charge is 2.17. The van der Waals surface area contributed by atoms with Gasteiger partial charge < -0.3 is 15.4 Å². The lowest BCUT2D eigenvalue weighted by atomic mass is 10.1. The molecule has 94 valence electrons. The molecule has 17 heavy (non-hydrogen) atoms. The molecule has 1 aromatic rings. The van der Waals surface area contributed by atoms with Gasteiger partial charge in [0.05, 0.1) is 12.6 Å². The van der Waals surface area contributed by atoms with E-state index >= 15 is 0 Å². The Labute approximate surface area is 96.9 Å². The average Bonchev–Trinajstić information content (AvgIpc) is 2.23. The number of rotatable bonds is 4. The standard InChI is InChI=1S/C10H15N3O4/c1-5(2)7(4-14)11-9(16)6-3-8(15)13-10(17)12-6/h3,5,7,14H,4H2,1-2H3,(H,11,16)(H2,12,13,15,17)/t7-/m1/s1. The van der Waals surface area contributed by atoms with Crippen LogP contribution in [0.1, 0.15) is 24.3 Å². The minimum atomic E-state index is -0.743. The van der Waals surface area contributed by atoms with Gasteiger partial charge in [-0.3, -0.25) is 14.6 Å². The summed E-state index contributed by atoms with van der Waals surface area (Å²) in [5.74, 6) is -0.557.